The van der Waals surface area contributed by atoms with Crippen LogP contribution < -0.4 is 5.32 Å². The van der Waals surface area contributed by atoms with Crippen LogP contribution in [0.4, 0.5) is 11.5 Å². The van der Waals surface area contributed by atoms with Gasteiger partial charge in [-0.1, -0.05) is 29.3 Å². The topological polar surface area (TPSA) is 37.8 Å². The Kier molecular flexibility index (Phi) is 2.83. The summed E-state index contributed by atoms with van der Waals surface area (Å²) in [5.74, 6) is 0.572. The second kappa shape index (κ2) is 4.28. The highest BCUT2D eigenvalue weighted by atomic mass is 35.5. The minimum atomic E-state index is 0.373. The summed E-state index contributed by atoms with van der Waals surface area (Å²) < 4.78 is 0. The Labute approximate surface area is 93.1 Å². The van der Waals surface area contributed by atoms with Gasteiger partial charge in [-0.15, -0.1) is 0 Å². The Hall–Kier alpha value is -1.61. The van der Waals surface area contributed by atoms with Crippen molar-refractivity contribution in [1.29, 1.82) is 0 Å². The van der Waals surface area contributed by atoms with Crippen LogP contribution >= 0.6 is 11.6 Å². The molecular weight excluding hydrogens is 210 g/mol. The summed E-state index contributed by atoms with van der Waals surface area (Å²) in [6.45, 7) is 2.04. The minimum Gasteiger partial charge on any atom is -0.338 e. The lowest BCUT2D eigenvalue weighted by Crippen LogP contribution is -1.95. The van der Waals surface area contributed by atoms with Crippen LogP contribution in [0.3, 0.4) is 0 Å². The Bertz CT molecular complexity index is 454. The molecule has 1 aromatic heterocycles. The first-order valence-corrected chi connectivity index (χ1v) is 4.94. The van der Waals surface area contributed by atoms with E-state index in [2.05, 4.69) is 15.3 Å². The first kappa shape index (κ1) is 9.93. The molecule has 1 N–H and O–H groups in total. The Morgan fingerprint density at radius 3 is 2.40 bits per heavy atom. The fourth-order valence-corrected chi connectivity index (χ4v) is 1.33. The van der Waals surface area contributed by atoms with Gasteiger partial charge in [-0.25, -0.2) is 9.97 Å². The molecule has 0 aliphatic heterocycles. The molecule has 0 unspecified atom stereocenters. The fourth-order valence-electron chi connectivity index (χ4n) is 1.18. The molecule has 4 heteroatoms. The molecule has 0 amide bonds. The van der Waals surface area contributed by atoms with Crippen LogP contribution in [-0.4, -0.2) is 9.97 Å². The summed E-state index contributed by atoms with van der Waals surface area (Å²) in [5, 5.41) is 3.47. The van der Waals surface area contributed by atoms with E-state index >= 15 is 0 Å². The minimum absolute atomic E-state index is 0.373. The molecule has 0 atom stereocenters. The molecule has 0 radical (unpaired) electrons. The predicted octanol–water partition coefficient (Wildman–Crippen LogP) is 3.18. The molecule has 0 saturated carbocycles. The second-order valence-electron chi connectivity index (χ2n) is 3.19. The van der Waals surface area contributed by atoms with E-state index in [0.717, 1.165) is 5.69 Å². The van der Waals surface area contributed by atoms with E-state index in [1.165, 1.54) is 5.56 Å². The van der Waals surface area contributed by atoms with Crippen molar-refractivity contribution < 1.29 is 0 Å². The third-order valence-electron chi connectivity index (χ3n) is 1.97. The van der Waals surface area contributed by atoms with Crippen LogP contribution in [0.25, 0.3) is 0 Å². The average molecular weight is 220 g/mol. The number of aryl methyl sites for hydroxylation is 1. The van der Waals surface area contributed by atoms with Gasteiger partial charge in [-0.05, 0) is 19.1 Å². The van der Waals surface area contributed by atoms with Crippen LogP contribution in [0.15, 0.2) is 36.7 Å². The van der Waals surface area contributed by atoms with Crippen molar-refractivity contribution in [3.8, 4) is 0 Å². The normalized spacial score (nSPS) is 10.0. The number of hydrogen-bond donors (Lipinski definition) is 1. The number of nitrogens with zero attached hydrogens (tertiary/aromatic N) is 2. The molecule has 1 heterocycles. The van der Waals surface area contributed by atoms with Crippen molar-refractivity contribution in [3.05, 3.63) is 47.4 Å². The highest BCUT2D eigenvalue weighted by Crippen LogP contribution is 2.20. The molecule has 0 fully saturated rings. The highest BCUT2D eigenvalue weighted by Gasteiger charge is 2.01. The standard InChI is InChI=1S/C11H10ClN3/c1-8-2-4-9(5-3-8)15-11-10(12)13-6-7-14-11/h2-7H,1H3,(H,14,15). The lowest BCUT2D eigenvalue weighted by molar-refractivity contribution is 1.20. The first-order valence-electron chi connectivity index (χ1n) is 4.56. The van der Waals surface area contributed by atoms with E-state index in [-0.39, 0.29) is 0 Å². The molecule has 2 rings (SSSR count). The van der Waals surface area contributed by atoms with E-state index in [9.17, 15) is 0 Å². The molecule has 0 saturated heterocycles. The quantitative estimate of drug-likeness (QED) is 0.843. The van der Waals surface area contributed by atoms with E-state index in [1.807, 2.05) is 31.2 Å². The van der Waals surface area contributed by atoms with Gasteiger partial charge in [0.2, 0.25) is 0 Å². The molecule has 76 valence electrons. The molecule has 1 aromatic carbocycles. The molecule has 0 aliphatic rings. The third kappa shape index (κ3) is 2.44. The largest absolute Gasteiger partial charge is 0.338 e. The van der Waals surface area contributed by atoms with E-state index in [0.29, 0.717) is 11.0 Å². The molecule has 15 heavy (non-hydrogen) atoms. The summed E-state index contributed by atoms with van der Waals surface area (Å²) in [5.41, 5.74) is 2.16. The fraction of sp³-hybridized carbons (Fsp3) is 0.0909. The maximum Gasteiger partial charge on any atom is 0.171 e. The number of hydrogen-bond acceptors (Lipinski definition) is 3. The molecule has 0 bridgehead atoms. The van der Waals surface area contributed by atoms with Gasteiger partial charge < -0.3 is 5.32 Å². The smallest absolute Gasteiger partial charge is 0.171 e. The Balaban J connectivity index is 2.22. The van der Waals surface area contributed by atoms with Crippen molar-refractivity contribution in [3.63, 3.8) is 0 Å². The van der Waals surface area contributed by atoms with Crippen LogP contribution in [0.5, 0.6) is 0 Å². The zero-order chi connectivity index (χ0) is 10.7. The molecule has 0 spiro atoms. The van der Waals surface area contributed by atoms with Gasteiger partial charge in [0.05, 0.1) is 0 Å². The third-order valence-corrected chi connectivity index (χ3v) is 2.24. The van der Waals surface area contributed by atoms with Gasteiger partial charge in [-0.2, -0.15) is 0 Å². The number of benzene rings is 1. The summed E-state index contributed by atoms with van der Waals surface area (Å²) in [6, 6.07) is 7.99. The van der Waals surface area contributed by atoms with Crippen molar-refractivity contribution >= 4 is 23.1 Å². The molecule has 0 aliphatic carbocycles. The van der Waals surface area contributed by atoms with Crippen LogP contribution in [0.2, 0.25) is 5.15 Å². The number of aromatic nitrogens is 2. The first-order chi connectivity index (χ1) is 7.25. The monoisotopic (exact) mass is 219 g/mol. The summed E-state index contributed by atoms with van der Waals surface area (Å²) in [6.07, 6.45) is 3.16. The lowest BCUT2D eigenvalue weighted by atomic mass is 10.2. The summed E-state index contributed by atoms with van der Waals surface area (Å²) in [7, 11) is 0. The number of rotatable bonds is 2. The van der Waals surface area contributed by atoms with E-state index < -0.39 is 0 Å². The van der Waals surface area contributed by atoms with E-state index in [4.69, 9.17) is 11.6 Å². The number of halogens is 1. The van der Waals surface area contributed by atoms with Crippen molar-refractivity contribution in [2.24, 2.45) is 0 Å². The van der Waals surface area contributed by atoms with Gasteiger partial charge >= 0.3 is 0 Å². The zero-order valence-electron chi connectivity index (χ0n) is 8.24. The van der Waals surface area contributed by atoms with Crippen molar-refractivity contribution in [1.82, 2.24) is 9.97 Å². The average Bonchev–Trinajstić information content (AvgIpc) is 2.25. The second-order valence-corrected chi connectivity index (χ2v) is 3.54. The maximum atomic E-state index is 5.87. The van der Waals surface area contributed by atoms with Crippen LogP contribution in [0, 0.1) is 6.92 Å². The van der Waals surface area contributed by atoms with Crippen LogP contribution in [0.1, 0.15) is 5.56 Å². The predicted molar refractivity (Wildman–Crippen MR) is 61.5 cm³/mol. The van der Waals surface area contributed by atoms with Gasteiger partial charge in [0.15, 0.2) is 11.0 Å². The van der Waals surface area contributed by atoms with Crippen LogP contribution in [-0.2, 0) is 0 Å². The Morgan fingerprint density at radius 1 is 1.07 bits per heavy atom. The van der Waals surface area contributed by atoms with Gasteiger partial charge in [0.1, 0.15) is 0 Å². The zero-order valence-corrected chi connectivity index (χ0v) is 8.99. The van der Waals surface area contributed by atoms with Gasteiger partial charge in [0, 0.05) is 18.1 Å². The highest BCUT2D eigenvalue weighted by molar-refractivity contribution is 6.31. The van der Waals surface area contributed by atoms with E-state index in [1.54, 1.807) is 12.4 Å². The summed E-state index contributed by atoms with van der Waals surface area (Å²) in [4.78, 5) is 8.02. The SMILES string of the molecule is Cc1ccc(Nc2nccnc2Cl)cc1. The lowest BCUT2D eigenvalue weighted by Gasteiger charge is -2.06. The number of nitrogens with one attached hydrogen (secondary N) is 1. The Morgan fingerprint density at radius 2 is 1.73 bits per heavy atom. The number of anilines is 2. The van der Waals surface area contributed by atoms with Gasteiger partial charge in [0.25, 0.3) is 0 Å². The molecule has 2 aromatic rings. The van der Waals surface area contributed by atoms with Gasteiger partial charge in [-0.3, -0.25) is 0 Å². The van der Waals surface area contributed by atoms with Crippen molar-refractivity contribution in [2.75, 3.05) is 5.32 Å². The van der Waals surface area contributed by atoms with Crippen molar-refractivity contribution in [2.45, 2.75) is 6.92 Å². The maximum absolute atomic E-state index is 5.87. The molecular formula is C11H10ClN3. The molecule has 3 nitrogen and oxygen atoms in total. The summed E-state index contributed by atoms with van der Waals surface area (Å²) >= 11 is 5.87.